The van der Waals surface area contributed by atoms with Crippen molar-refractivity contribution in [3.8, 4) is 11.1 Å². The number of nitrogens with zero attached hydrogens (tertiary/aromatic N) is 1. The topological polar surface area (TPSA) is 82.3 Å². The molecule has 176 valence electrons. The maximum atomic E-state index is 13.4. The molecule has 6 nitrogen and oxygen atoms in total. The Bertz CT molecular complexity index is 1490. The van der Waals surface area contributed by atoms with Crippen molar-refractivity contribution in [1.29, 1.82) is 0 Å². The molecule has 3 aromatic carbocycles. The third kappa shape index (κ3) is 4.76. The second-order valence-electron chi connectivity index (χ2n) is 7.76. The summed E-state index contributed by atoms with van der Waals surface area (Å²) in [6.45, 7) is 0. The molecule has 34 heavy (non-hydrogen) atoms. The Balaban J connectivity index is 1.61. The predicted molar refractivity (Wildman–Crippen MR) is 126 cm³/mol. The summed E-state index contributed by atoms with van der Waals surface area (Å²) in [6, 6.07) is 18.0. The van der Waals surface area contributed by atoms with Gasteiger partial charge in [0.05, 0.1) is 17.5 Å². The second kappa shape index (κ2) is 8.53. The van der Waals surface area contributed by atoms with Gasteiger partial charge < -0.3 is 10.3 Å². The molecule has 0 fully saturated rings. The van der Waals surface area contributed by atoms with Crippen molar-refractivity contribution in [1.82, 2.24) is 4.98 Å². The molecule has 0 saturated heterocycles. The Kier molecular flexibility index (Phi) is 5.86. The van der Waals surface area contributed by atoms with Crippen LogP contribution in [-0.2, 0) is 16.2 Å². The summed E-state index contributed by atoms with van der Waals surface area (Å²) in [7, 11) is -2.02. The number of benzene rings is 3. The summed E-state index contributed by atoms with van der Waals surface area (Å²) in [6.07, 6.45) is -3.42. The Hall–Kier alpha value is -3.79. The summed E-state index contributed by atoms with van der Waals surface area (Å²) in [5.74, 6) is -0.490. The molecule has 10 heteroatoms. The maximum absolute atomic E-state index is 13.4. The first-order valence-corrected chi connectivity index (χ1v) is 11.9. The molecule has 0 radical (unpaired) electrons. The zero-order valence-corrected chi connectivity index (χ0v) is 19.0. The molecule has 0 aliphatic rings. The Morgan fingerprint density at radius 1 is 0.971 bits per heavy atom. The fourth-order valence-corrected chi connectivity index (χ4v) is 4.07. The molecule has 0 atom stereocenters. The average molecular weight is 488 g/mol. The Labute approximate surface area is 194 Å². The molecule has 0 aliphatic heterocycles. The number of aromatic amines is 1. The first kappa shape index (κ1) is 23.4. The highest BCUT2D eigenvalue weighted by Crippen LogP contribution is 2.37. The molecular formula is C24H20F3N3O3S. The van der Waals surface area contributed by atoms with Crippen LogP contribution in [0.25, 0.3) is 22.0 Å². The lowest BCUT2D eigenvalue weighted by Gasteiger charge is -2.16. The lowest BCUT2D eigenvalue weighted by Crippen LogP contribution is -2.24. The molecule has 1 aromatic heterocycles. The minimum atomic E-state index is -4.51. The van der Waals surface area contributed by atoms with Crippen molar-refractivity contribution < 1.29 is 26.4 Å². The summed E-state index contributed by atoms with van der Waals surface area (Å²) >= 11 is 0. The SMILES string of the molecule is CN(c1ccc2cc(C(=O)Nc3cccc(-c4ccccc4C(F)(F)F)c3)[nH]c2c1)S(C)(=O)=O. The van der Waals surface area contributed by atoms with Crippen LogP contribution in [-0.4, -0.2) is 32.6 Å². The van der Waals surface area contributed by atoms with Crippen LogP contribution >= 0.6 is 0 Å². The standard InChI is InChI=1S/C24H20F3N3O3S/c1-30(34(2,32)33)18-11-10-16-13-22(29-21(16)14-18)23(31)28-17-7-5-6-15(12-17)19-8-3-4-9-20(19)24(25,26)27/h3-14,29H,1-2H3,(H,28,31). The monoisotopic (exact) mass is 487 g/mol. The number of rotatable bonds is 5. The number of H-pyrrole nitrogens is 1. The number of nitrogens with one attached hydrogen (secondary N) is 2. The van der Waals surface area contributed by atoms with Gasteiger partial charge in [0.1, 0.15) is 5.69 Å². The van der Waals surface area contributed by atoms with Crippen molar-refractivity contribution in [2.24, 2.45) is 0 Å². The molecule has 0 spiro atoms. The number of alkyl halides is 3. The highest BCUT2D eigenvalue weighted by molar-refractivity contribution is 7.92. The lowest BCUT2D eigenvalue weighted by molar-refractivity contribution is -0.137. The van der Waals surface area contributed by atoms with Gasteiger partial charge in [0.15, 0.2) is 0 Å². The highest BCUT2D eigenvalue weighted by atomic mass is 32.2. The van der Waals surface area contributed by atoms with Gasteiger partial charge in [-0.15, -0.1) is 0 Å². The van der Waals surface area contributed by atoms with Gasteiger partial charge in [-0.25, -0.2) is 8.42 Å². The number of aromatic nitrogens is 1. The molecule has 4 rings (SSSR count). The van der Waals surface area contributed by atoms with Gasteiger partial charge in [-0.1, -0.05) is 36.4 Å². The zero-order chi connectivity index (χ0) is 24.7. The Morgan fingerprint density at radius 3 is 2.41 bits per heavy atom. The molecule has 0 saturated carbocycles. The van der Waals surface area contributed by atoms with Crippen LogP contribution in [0.4, 0.5) is 24.5 Å². The first-order valence-electron chi connectivity index (χ1n) is 10.1. The molecule has 0 bridgehead atoms. The maximum Gasteiger partial charge on any atom is 0.417 e. The van der Waals surface area contributed by atoms with E-state index in [9.17, 15) is 26.4 Å². The summed E-state index contributed by atoms with van der Waals surface area (Å²) in [5.41, 5.74) is 1.11. The van der Waals surface area contributed by atoms with Gasteiger partial charge >= 0.3 is 6.18 Å². The number of hydrogen-bond donors (Lipinski definition) is 2. The van der Waals surface area contributed by atoms with Crippen molar-refractivity contribution in [3.05, 3.63) is 84.1 Å². The van der Waals surface area contributed by atoms with E-state index in [0.717, 1.165) is 16.6 Å². The van der Waals surface area contributed by atoms with Crippen molar-refractivity contribution >= 4 is 38.2 Å². The van der Waals surface area contributed by atoms with E-state index in [1.54, 1.807) is 42.5 Å². The fraction of sp³-hybridized carbons (Fsp3) is 0.125. The van der Waals surface area contributed by atoms with Crippen molar-refractivity contribution in [2.75, 3.05) is 22.9 Å². The molecular weight excluding hydrogens is 467 g/mol. The van der Waals surface area contributed by atoms with Crippen LogP contribution in [0.5, 0.6) is 0 Å². The van der Waals surface area contributed by atoms with Crippen molar-refractivity contribution in [2.45, 2.75) is 6.18 Å². The third-order valence-corrected chi connectivity index (χ3v) is 6.58. The van der Waals surface area contributed by atoms with E-state index >= 15 is 0 Å². The minimum absolute atomic E-state index is 0.0132. The number of carbonyl (C=O) groups is 1. The van der Waals surface area contributed by atoms with Crippen LogP contribution in [0.2, 0.25) is 0 Å². The average Bonchev–Trinajstić information content (AvgIpc) is 3.21. The first-order chi connectivity index (χ1) is 15.9. The third-order valence-electron chi connectivity index (χ3n) is 5.38. The van der Waals surface area contributed by atoms with Gasteiger partial charge in [-0.2, -0.15) is 13.2 Å². The number of amides is 1. The number of anilines is 2. The van der Waals surface area contributed by atoms with Crippen LogP contribution in [0.3, 0.4) is 0 Å². The van der Waals surface area contributed by atoms with E-state index in [0.29, 0.717) is 27.8 Å². The largest absolute Gasteiger partial charge is 0.417 e. The second-order valence-corrected chi connectivity index (χ2v) is 9.78. The molecule has 0 aliphatic carbocycles. The number of sulfonamides is 1. The highest BCUT2D eigenvalue weighted by Gasteiger charge is 2.33. The van der Waals surface area contributed by atoms with Crippen LogP contribution < -0.4 is 9.62 Å². The summed E-state index contributed by atoms with van der Waals surface area (Å²) in [4.78, 5) is 15.8. The van der Waals surface area contributed by atoms with E-state index in [-0.39, 0.29) is 11.3 Å². The van der Waals surface area contributed by atoms with Crippen molar-refractivity contribution in [3.63, 3.8) is 0 Å². The number of halogens is 3. The summed E-state index contributed by atoms with van der Waals surface area (Å²) in [5, 5.41) is 3.39. The predicted octanol–water partition coefficient (Wildman–Crippen LogP) is 5.50. The van der Waals surface area contributed by atoms with E-state index in [2.05, 4.69) is 10.3 Å². The molecule has 1 amide bonds. The quantitative estimate of drug-likeness (QED) is 0.390. The normalized spacial score (nSPS) is 12.0. The van der Waals surface area contributed by atoms with E-state index in [1.165, 1.54) is 31.3 Å². The van der Waals surface area contributed by atoms with Gasteiger partial charge in [-0.3, -0.25) is 9.10 Å². The lowest BCUT2D eigenvalue weighted by atomic mass is 9.99. The number of hydrogen-bond acceptors (Lipinski definition) is 3. The summed E-state index contributed by atoms with van der Waals surface area (Å²) < 4.78 is 64.9. The van der Waals surface area contributed by atoms with Gasteiger partial charge in [0.25, 0.3) is 5.91 Å². The zero-order valence-electron chi connectivity index (χ0n) is 18.1. The Morgan fingerprint density at radius 2 is 1.71 bits per heavy atom. The minimum Gasteiger partial charge on any atom is -0.350 e. The number of carbonyl (C=O) groups excluding carboxylic acids is 1. The molecule has 2 N–H and O–H groups in total. The fourth-order valence-electron chi connectivity index (χ4n) is 3.57. The number of fused-ring (bicyclic) bond motifs is 1. The van der Waals surface area contributed by atoms with Gasteiger partial charge in [0, 0.05) is 23.6 Å². The molecule has 1 heterocycles. The molecule has 0 unspecified atom stereocenters. The van der Waals surface area contributed by atoms with Crippen LogP contribution in [0.15, 0.2) is 72.8 Å². The van der Waals surface area contributed by atoms with E-state index in [4.69, 9.17) is 0 Å². The van der Waals surface area contributed by atoms with E-state index in [1.807, 2.05) is 0 Å². The van der Waals surface area contributed by atoms with Crippen LogP contribution in [0.1, 0.15) is 16.1 Å². The van der Waals surface area contributed by atoms with E-state index < -0.39 is 27.7 Å². The van der Waals surface area contributed by atoms with Gasteiger partial charge in [-0.05, 0) is 47.5 Å². The van der Waals surface area contributed by atoms with Gasteiger partial charge in [0.2, 0.25) is 10.0 Å². The van der Waals surface area contributed by atoms with Crippen LogP contribution in [0, 0.1) is 0 Å². The smallest absolute Gasteiger partial charge is 0.350 e. The molecule has 4 aromatic rings.